The molecule has 0 aromatic heterocycles. The predicted molar refractivity (Wildman–Crippen MR) is 70.8 cm³/mol. The minimum absolute atomic E-state index is 0.0465. The molecule has 0 N–H and O–H groups in total. The standard InChI is InChI=1S/C12H22ClNO2S/c13-9-12-7-4-8-14(12)17(15,16)10-11-5-2-1-3-6-11/h11-12H,1-10H2. The van der Waals surface area contributed by atoms with Crippen LogP contribution in [0.25, 0.3) is 0 Å². The van der Waals surface area contributed by atoms with E-state index in [0.29, 0.717) is 24.1 Å². The van der Waals surface area contributed by atoms with Crippen LogP contribution in [0.2, 0.25) is 0 Å². The fourth-order valence-corrected chi connectivity index (χ4v) is 5.64. The van der Waals surface area contributed by atoms with Gasteiger partial charge < -0.3 is 0 Å². The smallest absolute Gasteiger partial charge is 0.212 e. The molecule has 0 aromatic carbocycles. The van der Waals surface area contributed by atoms with E-state index in [1.165, 1.54) is 19.3 Å². The van der Waals surface area contributed by atoms with E-state index < -0.39 is 10.0 Å². The van der Waals surface area contributed by atoms with Gasteiger partial charge in [0.25, 0.3) is 0 Å². The highest BCUT2D eigenvalue weighted by Crippen LogP contribution is 2.28. The summed E-state index contributed by atoms with van der Waals surface area (Å²) in [5, 5.41) is 0. The summed E-state index contributed by atoms with van der Waals surface area (Å²) < 4.78 is 26.3. The Morgan fingerprint density at radius 1 is 1.06 bits per heavy atom. The minimum atomic E-state index is -3.07. The Labute approximate surface area is 110 Å². The van der Waals surface area contributed by atoms with Crippen LogP contribution in [0, 0.1) is 5.92 Å². The highest BCUT2D eigenvalue weighted by molar-refractivity contribution is 7.89. The molecule has 100 valence electrons. The molecule has 2 rings (SSSR count). The van der Waals surface area contributed by atoms with Gasteiger partial charge in [0.15, 0.2) is 0 Å². The van der Waals surface area contributed by atoms with E-state index in [0.717, 1.165) is 25.7 Å². The van der Waals surface area contributed by atoms with Crippen molar-refractivity contribution < 1.29 is 8.42 Å². The van der Waals surface area contributed by atoms with Gasteiger partial charge in [0.2, 0.25) is 10.0 Å². The number of rotatable bonds is 4. The van der Waals surface area contributed by atoms with Crippen molar-refractivity contribution in [3.8, 4) is 0 Å². The molecule has 1 unspecified atom stereocenters. The third-order valence-corrected chi connectivity index (χ3v) is 6.47. The molecule has 0 radical (unpaired) electrons. The first kappa shape index (κ1) is 13.6. The molecule has 1 aliphatic heterocycles. The van der Waals surface area contributed by atoms with Crippen molar-refractivity contribution in [2.45, 2.75) is 51.0 Å². The number of hydrogen-bond acceptors (Lipinski definition) is 2. The zero-order valence-corrected chi connectivity index (χ0v) is 11.8. The number of hydrogen-bond donors (Lipinski definition) is 0. The summed E-state index contributed by atoms with van der Waals surface area (Å²) in [4.78, 5) is 0. The van der Waals surface area contributed by atoms with Gasteiger partial charge in [-0.1, -0.05) is 19.3 Å². The minimum Gasteiger partial charge on any atom is -0.212 e. The number of alkyl halides is 1. The Kier molecular flexibility index (Phi) is 4.72. The lowest BCUT2D eigenvalue weighted by molar-refractivity contribution is 0.364. The second-order valence-electron chi connectivity index (χ2n) is 5.34. The molecule has 17 heavy (non-hydrogen) atoms. The summed E-state index contributed by atoms with van der Waals surface area (Å²) in [5.41, 5.74) is 0. The van der Waals surface area contributed by atoms with Crippen molar-refractivity contribution in [1.29, 1.82) is 0 Å². The average Bonchev–Trinajstić information content (AvgIpc) is 2.78. The fraction of sp³-hybridized carbons (Fsp3) is 1.00. The van der Waals surface area contributed by atoms with E-state index in [1.54, 1.807) is 4.31 Å². The Bertz CT molecular complexity index is 338. The second-order valence-corrected chi connectivity index (χ2v) is 7.62. The van der Waals surface area contributed by atoms with Crippen LogP contribution in [0.15, 0.2) is 0 Å². The average molecular weight is 280 g/mol. The first-order chi connectivity index (χ1) is 8.13. The Morgan fingerprint density at radius 3 is 2.41 bits per heavy atom. The summed E-state index contributed by atoms with van der Waals surface area (Å²) in [7, 11) is -3.07. The van der Waals surface area contributed by atoms with Gasteiger partial charge in [-0.05, 0) is 31.6 Å². The number of nitrogens with zero attached hydrogens (tertiary/aromatic N) is 1. The van der Waals surface area contributed by atoms with E-state index in [2.05, 4.69) is 0 Å². The van der Waals surface area contributed by atoms with E-state index in [1.807, 2.05) is 0 Å². The topological polar surface area (TPSA) is 37.4 Å². The molecule has 0 spiro atoms. The summed E-state index contributed by atoms with van der Waals surface area (Å²) in [6.45, 7) is 0.673. The molecule has 1 aliphatic carbocycles. The second kappa shape index (κ2) is 5.89. The van der Waals surface area contributed by atoms with E-state index >= 15 is 0 Å². The molecule has 1 atom stereocenters. The first-order valence-electron chi connectivity index (χ1n) is 6.69. The van der Waals surface area contributed by atoms with Gasteiger partial charge >= 0.3 is 0 Å². The molecule has 5 heteroatoms. The van der Waals surface area contributed by atoms with Gasteiger partial charge in [-0.2, -0.15) is 4.31 Å². The van der Waals surface area contributed by atoms with Gasteiger partial charge in [0, 0.05) is 18.5 Å². The molecule has 2 aliphatic rings. The molecular formula is C12H22ClNO2S. The number of halogens is 1. The van der Waals surface area contributed by atoms with Gasteiger partial charge in [-0.3, -0.25) is 0 Å². The predicted octanol–water partition coefficient (Wildman–Crippen LogP) is 2.60. The lowest BCUT2D eigenvalue weighted by Gasteiger charge is -2.27. The third-order valence-electron chi connectivity index (χ3n) is 4.03. The molecular weight excluding hydrogens is 258 g/mol. The van der Waals surface area contributed by atoms with Crippen LogP contribution in [-0.4, -0.2) is 36.9 Å². The summed E-state index contributed by atoms with van der Waals surface area (Å²) >= 11 is 5.85. The first-order valence-corrected chi connectivity index (χ1v) is 8.83. The maximum absolute atomic E-state index is 12.3. The van der Waals surface area contributed by atoms with E-state index in [4.69, 9.17) is 11.6 Å². The molecule has 1 heterocycles. The quantitative estimate of drug-likeness (QED) is 0.742. The SMILES string of the molecule is O=S(=O)(CC1CCCCC1)N1CCCC1CCl. The highest BCUT2D eigenvalue weighted by Gasteiger charge is 2.35. The Balaban J connectivity index is 1.97. The van der Waals surface area contributed by atoms with E-state index in [-0.39, 0.29) is 6.04 Å². The molecule has 0 aromatic rings. The van der Waals surface area contributed by atoms with Crippen molar-refractivity contribution in [3.05, 3.63) is 0 Å². The maximum atomic E-state index is 12.3. The van der Waals surface area contributed by atoms with Crippen LogP contribution in [0.1, 0.15) is 44.9 Å². The van der Waals surface area contributed by atoms with Crippen molar-refractivity contribution in [2.24, 2.45) is 5.92 Å². The van der Waals surface area contributed by atoms with Gasteiger partial charge in [0.1, 0.15) is 0 Å². The van der Waals surface area contributed by atoms with Crippen molar-refractivity contribution >= 4 is 21.6 Å². The zero-order chi connectivity index (χ0) is 12.3. The molecule has 3 nitrogen and oxygen atoms in total. The highest BCUT2D eigenvalue weighted by atomic mass is 35.5. The van der Waals surface area contributed by atoms with Gasteiger partial charge in [0.05, 0.1) is 5.75 Å². The van der Waals surface area contributed by atoms with Crippen molar-refractivity contribution in [1.82, 2.24) is 4.31 Å². The Morgan fingerprint density at radius 2 is 1.76 bits per heavy atom. The van der Waals surface area contributed by atoms with E-state index in [9.17, 15) is 8.42 Å². The van der Waals surface area contributed by atoms with Gasteiger partial charge in [-0.25, -0.2) is 8.42 Å². The fourth-order valence-electron chi connectivity index (χ4n) is 3.08. The molecule has 0 bridgehead atoms. The van der Waals surface area contributed by atoms with Crippen LogP contribution < -0.4 is 0 Å². The molecule has 1 saturated heterocycles. The van der Waals surface area contributed by atoms with Crippen molar-refractivity contribution in [3.63, 3.8) is 0 Å². The maximum Gasteiger partial charge on any atom is 0.214 e. The summed E-state index contributed by atoms with van der Waals surface area (Å²) in [5.74, 6) is 1.16. The summed E-state index contributed by atoms with van der Waals surface area (Å²) in [6.07, 6.45) is 7.70. The van der Waals surface area contributed by atoms with Crippen LogP contribution >= 0.6 is 11.6 Å². The van der Waals surface area contributed by atoms with Gasteiger partial charge in [-0.15, -0.1) is 11.6 Å². The molecule has 2 fully saturated rings. The van der Waals surface area contributed by atoms with Crippen LogP contribution in [0.5, 0.6) is 0 Å². The van der Waals surface area contributed by atoms with Crippen LogP contribution in [-0.2, 0) is 10.0 Å². The monoisotopic (exact) mass is 279 g/mol. The lowest BCUT2D eigenvalue weighted by Crippen LogP contribution is -2.39. The molecule has 0 amide bonds. The summed E-state index contributed by atoms with van der Waals surface area (Å²) in [6, 6.07) is 0.0465. The lowest BCUT2D eigenvalue weighted by atomic mass is 9.91. The largest absolute Gasteiger partial charge is 0.214 e. The third kappa shape index (κ3) is 3.36. The van der Waals surface area contributed by atoms with Crippen molar-refractivity contribution in [2.75, 3.05) is 18.2 Å². The van der Waals surface area contributed by atoms with Crippen LogP contribution in [0.4, 0.5) is 0 Å². The Hall–Kier alpha value is 0.200. The number of sulfonamides is 1. The normalized spacial score (nSPS) is 28.6. The molecule has 1 saturated carbocycles. The zero-order valence-electron chi connectivity index (χ0n) is 10.3. The van der Waals surface area contributed by atoms with Crippen LogP contribution in [0.3, 0.4) is 0 Å².